The molecule has 1 heterocycles. The standard InChI is InChI=1S/C24H48O5/c1-2-3-4-5-6-7-8-9-10-11-12-13-14-15-16-17-18-28-20-22-24(27)23(26)21(25)19-29-22/h21-27H,2-20H2,1H3/t21-,22+,23+,24+/m1/s1. The summed E-state index contributed by atoms with van der Waals surface area (Å²) in [7, 11) is 0. The second-order valence-electron chi connectivity index (χ2n) is 8.80. The monoisotopic (exact) mass is 416 g/mol. The van der Waals surface area contributed by atoms with Gasteiger partial charge >= 0.3 is 0 Å². The molecule has 1 fully saturated rings. The molecule has 0 radical (unpaired) electrons. The number of ether oxygens (including phenoxy) is 2. The smallest absolute Gasteiger partial charge is 0.111 e. The van der Waals surface area contributed by atoms with Crippen molar-refractivity contribution in [1.29, 1.82) is 0 Å². The highest BCUT2D eigenvalue weighted by Gasteiger charge is 2.37. The molecule has 0 aromatic carbocycles. The van der Waals surface area contributed by atoms with Crippen molar-refractivity contribution in [3.8, 4) is 0 Å². The highest BCUT2D eigenvalue weighted by molar-refractivity contribution is 4.86. The summed E-state index contributed by atoms with van der Waals surface area (Å²) in [5.41, 5.74) is 0. The second-order valence-corrected chi connectivity index (χ2v) is 8.80. The zero-order valence-corrected chi connectivity index (χ0v) is 18.9. The Kier molecular flexibility index (Phi) is 17.2. The zero-order valence-electron chi connectivity index (χ0n) is 18.9. The lowest BCUT2D eigenvalue weighted by atomic mass is 10.0. The van der Waals surface area contributed by atoms with Crippen LogP contribution in [0.2, 0.25) is 0 Å². The van der Waals surface area contributed by atoms with Crippen LogP contribution in [0.3, 0.4) is 0 Å². The summed E-state index contributed by atoms with van der Waals surface area (Å²) in [5, 5.41) is 28.9. The fourth-order valence-corrected chi connectivity index (χ4v) is 3.97. The molecule has 0 bridgehead atoms. The Balaban J connectivity index is 1.75. The Morgan fingerprint density at radius 2 is 1.10 bits per heavy atom. The Morgan fingerprint density at radius 1 is 0.655 bits per heavy atom. The molecule has 1 aliphatic heterocycles. The Morgan fingerprint density at radius 3 is 1.59 bits per heavy atom. The van der Waals surface area contributed by atoms with Gasteiger partial charge in [-0.2, -0.15) is 0 Å². The maximum Gasteiger partial charge on any atom is 0.111 e. The lowest BCUT2D eigenvalue weighted by Gasteiger charge is -2.35. The number of aliphatic hydroxyl groups is 3. The van der Waals surface area contributed by atoms with Crippen molar-refractivity contribution < 1.29 is 24.8 Å². The van der Waals surface area contributed by atoms with Gasteiger partial charge < -0.3 is 24.8 Å². The number of unbranched alkanes of at least 4 members (excludes halogenated alkanes) is 15. The van der Waals surface area contributed by atoms with Crippen LogP contribution in [-0.4, -0.2) is 59.6 Å². The summed E-state index contributed by atoms with van der Waals surface area (Å²) in [6.07, 6.45) is 17.8. The quantitative estimate of drug-likeness (QED) is 0.265. The van der Waals surface area contributed by atoms with Gasteiger partial charge in [-0.15, -0.1) is 0 Å². The van der Waals surface area contributed by atoms with Crippen LogP contribution in [0.25, 0.3) is 0 Å². The largest absolute Gasteiger partial charge is 0.388 e. The Hall–Kier alpha value is -0.200. The molecule has 29 heavy (non-hydrogen) atoms. The zero-order chi connectivity index (χ0) is 21.2. The molecule has 0 aromatic rings. The van der Waals surface area contributed by atoms with Crippen molar-refractivity contribution in [2.24, 2.45) is 0 Å². The van der Waals surface area contributed by atoms with Gasteiger partial charge in [-0.25, -0.2) is 0 Å². The first-order valence-corrected chi connectivity index (χ1v) is 12.4. The van der Waals surface area contributed by atoms with Gasteiger partial charge in [0.15, 0.2) is 0 Å². The SMILES string of the molecule is CCCCCCCCCCCCCCCCCCOC[C@@H]1OC[C@@H](O)[C@H](O)[C@H]1O. The molecule has 5 heteroatoms. The van der Waals surface area contributed by atoms with Gasteiger partial charge in [0.1, 0.15) is 24.4 Å². The molecule has 1 rings (SSSR count). The third-order valence-corrected chi connectivity index (χ3v) is 6.03. The van der Waals surface area contributed by atoms with E-state index in [1.807, 2.05) is 0 Å². The van der Waals surface area contributed by atoms with E-state index >= 15 is 0 Å². The summed E-state index contributed by atoms with van der Waals surface area (Å²) in [5.74, 6) is 0. The maximum atomic E-state index is 9.84. The van der Waals surface area contributed by atoms with E-state index in [-0.39, 0.29) is 13.2 Å². The summed E-state index contributed by atoms with van der Waals surface area (Å²) in [4.78, 5) is 0. The van der Waals surface area contributed by atoms with Crippen molar-refractivity contribution >= 4 is 0 Å². The molecular formula is C24H48O5. The maximum absolute atomic E-state index is 9.84. The molecule has 0 aromatic heterocycles. The van der Waals surface area contributed by atoms with E-state index < -0.39 is 24.4 Å². The van der Waals surface area contributed by atoms with Gasteiger partial charge in [-0.05, 0) is 6.42 Å². The molecule has 174 valence electrons. The molecule has 0 unspecified atom stereocenters. The van der Waals surface area contributed by atoms with Gasteiger partial charge in [0.25, 0.3) is 0 Å². The van der Waals surface area contributed by atoms with Gasteiger partial charge in [-0.1, -0.05) is 103 Å². The number of rotatable bonds is 19. The van der Waals surface area contributed by atoms with Crippen molar-refractivity contribution in [3.05, 3.63) is 0 Å². The molecule has 0 aliphatic carbocycles. The molecule has 0 spiro atoms. The van der Waals surface area contributed by atoms with Gasteiger partial charge in [0.05, 0.1) is 13.2 Å². The van der Waals surface area contributed by atoms with Crippen LogP contribution >= 0.6 is 0 Å². The fraction of sp³-hybridized carbons (Fsp3) is 1.00. The average Bonchev–Trinajstić information content (AvgIpc) is 2.72. The average molecular weight is 417 g/mol. The Labute approximate surface area is 179 Å². The summed E-state index contributed by atoms with van der Waals surface area (Å²) in [6, 6.07) is 0. The first-order chi connectivity index (χ1) is 14.2. The molecule has 0 saturated carbocycles. The van der Waals surface area contributed by atoms with E-state index in [0.29, 0.717) is 6.61 Å². The number of hydrogen-bond acceptors (Lipinski definition) is 5. The predicted molar refractivity (Wildman–Crippen MR) is 118 cm³/mol. The van der Waals surface area contributed by atoms with Crippen LogP contribution in [-0.2, 0) is 9.47 Å². The van der Waals surface area contributed by atoms with Gasteiger partial charge in [0, 0.05) is 6.61 Å². The Bertz CT molecular complexity index is 352. The van der Waals surface area contributed by atoms with E-state index in [4.69, 9.17) is 9.47 Å². The van der Waals surface area contributed by atoms with Crippen molar-refractivity contribution in [1.82, 2.24) is 0 Å². The van der Waals surface area contributed by atoms with Gasteiger partial charge in [0.2, 0.25) is 0 Å². The third kappa shape index (κ3) is 13.7. The normalized spacial score (nSPS) is 24.8. The number of hydrogen-bond donors (Lipinski definition) is 3. The molecule has 5 nitrogen and oxygen atoms in total. The number of aliphatic hydroxyl groups excluding tert-OH is 3. The van der Waals surface area contributed by atoms with E-state index in [2.05, 4.69) is 6.92 Å². The van der Waals surface area contributed by atoms with Crippen LogP contribution < -0.4 is 0 Å². The minimum Gasteiger partial charge on any atom is -0.388 e. The third-order valence-electron chi connectivity index (χ3n) is 6.03. The summed E-state index contributed by atoms with van der Waals surface area (Å²) < 4.78 is 10.9. The molecule has 4 atom stereocenters. The van der Waals surface area contributed by atoms with Crippen molar-refractivity contribution in [2.75, 3.05) is 19.8 Å². The lowest BCUT2D eigenvalue weighted by Crippen LogP contribution is -2.54. The molecular weight excluding hydrogens is 368 g/mol. The lowest BCUT2D eigenvalue weighted by molar-refractivity contribution is -0.199. The first-order valence-electron chi connectivity index (χ1n) is 12.4. The topological polar surface area (TPSA) is 79.2 Å². The molecule has 3 N–H and O–H groups in total. The summed E-state index contributed by atoms with van der Waals surface area (Å²) >= 11 is 0. The van der Waals surface area contributed by atoms with Crippen molar-refractivity contribution in [2.45, 2.75) is 134 Å². The minimum absolute atomic E-state index is 0.0469. The van der Waals surface area contributed by atoms with Crippen LogP contribution in [0.15, 0.2) is 0 Å². The first kappa shape index (κ1) is 26.8. The van der Waals surface area contributed by atoms with Crippen LogP contribution in [0.1, 0.15) is 110 Å². The summed E-state index contributed by atoms with van der Waals surface area (Å²) in [6.45, 7) is 3.25. The molecule has 0 amide bonds. The van der Waals surface area contributed by atoms with E-state index in [1.165, 1.54) is 96.3 Å². The van der Waals surface area contributed by atoms with Crippen molar-refractivity contribution in [3.63, 3.8) is 0 Å². The van der Waals surface area contributed by atoms with E-state index in [1.54, 1.807) is 0 Å². The van der Waals surface area contributed by atoms with Crippen LogP contribution in [0, 0.1) is 0 Å². The highest BCUT2D eigenvalue weighted by atomic mass is 16.6. The predicted octanol–water partition coefficient (Wildman–Crippen LogP) is 4.75. The fourth-order valence-electron chi connectivity index (χ4n) is 3.97. The van der Waals surface area contributed by atoms with Crippen LogP contribution in [0.4, 0.5) is 0 Å². The minimum atomic E-state index is -1.15. The highest BCUT2D eigenvalue weighted by Crippen LogP contribution is 2.16. The molecule has 1 saturated heterocycles. The van der Waals surface area contributed by atoms with E-state index in [0.717, 1.165) is 6.42 Å². The van der Waals surface area contributed by atoms with E-state index in [9.17, 15) is 15.3 Å². The molecule has 1 aliphatic rings. The van der Waals surface area contributed by atoms with Crippen LogP contribution in [0.5, 0.6) is 0 Å². The van der Waals surface area contributed by atoms with Gasteiger partial charge in [-0.3, -0.25) is 0 Å². The second kappa shape index (κ2) is 18.6.